The van der Waals surface area contributed by atoms with Crippen molar-refractivity contribution in [3.63, 3.8) is 0 Å². The summed E-state index contributed by atoms with van der Waals surface area (Å²) in [4.78, 5) is 7.25. The van der Waals surface area contributed by atoms with Gasteiger partial charge in [-0.15, -0.1) is 10.2 Å². The Balaban J connectivity index is 2.52. The molecule has 4 heteroatoms. The van der Waals surface area contributed by atoms with Gasteiger partial charge in [0.05, 0.1) is 0 Å². The van der Waals surface area contributed by atoms with E-state index in [0.717, 1.165) is 22.9 Å². The highest BCUT2D eigenvalue weighted by molar-refractivity contribution is 5.56. The first-order chi connectivity index (χ1) is 6.27. The van der Waals surface area contributed by atoms with E-state index in [4.69, 9.17) is 0 Å². The average molecular weight is 174 g/mol. The second-order valence-corrected chi connectivity index (χ2v) is 2.90. The average Bonchev–Trinajstić information content (AvgIpc) is 2.53. The van der Waals surface area contributed by atoms with Gasteiger partial charge in [0.1, 0.15) is 5.82 Å². The zero-order valence-electron chi connectivity index (χ0n) is 7.57. The number of pyridine rings is 1. The second kappa shape index (κ2) is 2.97. The van der Waals surface area contributed by atoms with Gasteiger partial charge in [-0.2, -0.15) is 0 Å². The van der Waals surface area contributed by atoms with Gasteiger partial charge in [0.2, 0.25) is 0 Å². The summed E-state index contributed by atoms with van der Waals surface area (Å²) in [7, 11) is 0. The highest BCUT2D eigenvalue weighted by Gasteiger charge is 2.05. The van der Waals surface area contributed by atoms with Crippen LogP contribution in [0, 0.1) is 13.8 Å². The summed E-state index contributed by atoms with van der Waals surface area (Å²) in [5.74, 6) is 1.60. The summed E-state index contributed by atoms with van der Waals surface area (Å²) in [5, 5.41) is 7.90. The normalized spacial score (nSPS) is 10.3. The minimum Gasteiger partial charge on any atom is -0.325 e. The number of rotatable bonds is 1. The number of aromatic nitrogens is 4. The molecule has 2 rings (SSSR count). The largest absolute Gasteiger partial charge is 0.325 e. The molecule has 66 valence electrons. The third-order valence-corrected chi connectivity index (χ3v) is 1.86. The van der Waals surface area contributed by atoms with Gasteiger partial charge in [0.25, 0.3) is 0 Å². The van der Waals surface area contributed by atoms with Crippen molar-refractivity contribution < 1.29 is 0 Å². The van der Waals surface area contributed by atoms with Crippen LogP contribution in [-0.2, 0) is 0 Å². The van der Waals surface area contributed by atoms with Crippen LogP contribution in [0.25, 0.3) is 11.4 Å². The Morgan fingerprint density at radius 2 is 2.08 bits per heavy atom. The van der Waals surface area contributed by atoms with Crippen LogP contribution in [0.2, 0.25) is 0 Å². The van der Waals surface area contributed by atoms with E-state index >= 15 is 0 Å². The van der Waals surface area contributed by atoms with Crippen LogP contribution in [0.3, 0.4) is 0 Å². The quantitative estimate of drug-likeness (QED) is 0.712. The van der Waals surface area contributed by atoms with Gasteiger partial charge in [-0.1, -0.05) is 0 Å². The molecular formula is C9H10N4. The van der Waals surface area contributed by atoms with Crippen molar-refractivity contribution in [1.82, 2.24) is 20.2 Å². The van der Waals surface area contributed by atoms with Crippen LogP contribution >= 0.6 is 0 Å². The highest BCUT2D eigenvalue weighted by atomic mass is 15.2. The molecule has 0 saturated heterocycles. The second-order valence-electron chi connectivity index (χ2n) is 2.90. The van der Waals surface area contributed by atoms with Gasteiger partial charge in [0, 0.05) is 17.5 Å². The summed E-state index contributed by atoms with van der Waals surface area (Å²) in [6.45, 7) is 3.83. The van der Waals surface area contributed by atoms with Crippen molar-refractivity contribution in [1.29, 1.82) is 0 Å². The number of hydrogen-bond donors (Lipinski definition) is 1. The van der Waals surface area contributed by atoms with Gasteiger partial charge in [-0.05, 0) is 26.0 Å². The summed E-state index contributed by atoms with van der Waals surface area (Å²) in [5.41, 5.74) is 1.96. The van der Waals surface area contributed by atoms with Crippen molar-refractivity contribution in [3.8, 4) is 11.4 Å². The molecule has 0 aromatic carbocycles. The molecule has 0 aliphatic carbocycles. The maximum Gasteiger partial charge on any atom is 0.163 e. The fourth-order valence-electron chi connectivity index (χ4n) is 1.20. The summed E-state index contributed by atoms with van der Waals surface area (Å²) < 4.78 is 0. The van der Waals surface area contributed by atoms with Gasteiger partial charge >= 0.3 is 0 Å². The number of aromatic amines is 1. The van der Waals surface area contributed by atoms with Crippen molar-refractivity contribution >= 4 is 0 Å². The van der Waals surface area contributed by atoms with E-state index in [1.807, 2.05) is 26.0 Å². The third-order valence-electron chi connectivity index (χ3n) is 1.86. The maximum atomic E-state index is 4.18. The van der Waals surface area contributed by atoms with E-state index in [1.54, 1.807) is 6.20 Å². The van der Waals surface area contributed by atoms with Crippen LogP contribution in [0.15, 0.2) is 18.3 Å². The predicted octanol–water partition coefficient (Wildman–Crippen LogP) is 1.48. The minimum absolute atomic E-state index is 0.781. The van der Waals surface area contributed by atoms with Gasteiger partial charge in [-0.3, -0.25) is 4.98 Å². The summed E-state index contributed by atoms with van der Waals surface area (Å²) in [6.07, 6.45) is 1.77. The Bertz CT molecular complexity index is 419. The monoisotopic (exact) mass is 174 g/mol. The standard InChI is InChI=1S/C9H10N4/c1-6-8(4-3-5-10-6)9-11-7(2)12-13-9/h3-5H,1-2H3,(H,11,12,13). The number of nitrogens with one attached hydrogen (secondary N) is 1. The molecule has 0 aliphatic heterocycles. The third kappa shape index (κ3) is 1.42. The number of nitrogens with zero attached hydrogens (tertiary/aromatic N) is 3. The lowest BCUT2D eigenvalue weighted by Gasteiger charge is -1.98. The molecule has 0 amide bonds. The fourth-order valence-corrected chi connectivity index (χ4v) is 1.20. The molecule has 0 unspecified atom stereocenters. The smallest absolute Gasteiger partial charge is 0.163 e. The molecule has 2 heterocycles. The van der Waals surface area contributed by atoms with Crippen molar-refractivity contribution in [2.24, 2.45) is 0 Å². The molecule has 0 saturated carbocycles. The van der Waals surface area contributed by atoms with Crippen molar-refractivity contribution in [3.05, 3.63) is 29.8 Å². The molecule has 0 bridgehead atoms. The molecule has 0 spiro atoms. The van der Waals surface area contributed by atoms with Crippen LogP contribution in [-0.4, -0.2) is 20.2 Å². The lowest BCUT2D eigenvalue weighted by Crippen LogP contribution is -1.88. The minimum atomic E-state index is 0.781. The van der Waals surface area contributed by atoms with Crippen LogP contribution in [0.4, 0.5) is 0 Å². The Labute approximate surface area is 76.1 Å². The van der Waals surface area contributed by atoms with Gasteiger partial charge < -0.3 is 4.98 Å². The predicted molar refractivity (Wildman–Crippen MR) is 49.1 cm³/mol. The van der Waals surface area contributed by atoms with Crippen LogP contribution in [0.5, 0.6) is 0 Å². The highest BCUT2D eigenvalue weighted by Crippen LogP contribution is 2.16. The molecule has 0 fully saturated rings. The van der Waals surface area contributed by atoms with E-state index in [1.165, 1.54) is 0 Å². The fraction of sp³-hybridized carbons (Fsp3) is 0.222. The van der Waals surface area contributed by atoms with Crippen LogP contribution in [0.1, 0.15) is 11.5 Å². The van der Waals surface area contributed by atoms with Gasteiger partial charge in [-0.25, -0.2) is 0 Å². The first kappa shape index (κ1) is 7.91. The van der Waals surface area contributed by atoms with E-state index in [9.17, 15) is 0 Å². The molecule has 13 heavy (non-hydrogen) atoms. The summed E-state index contributed by atoms with van der Waals surface area (Å²) in [6, 6.07) is 3.86. The Morgan fingerprint density at radius 3 is 2.69 bits per heavy atom. The van der Waals surface area contributed by atoms with E-state index in [-0.39, 0.29) is 0 Å². The maximum absolute atomic E-state index is 4.18. The van der Waals surface area contributed by atoms with Crippen molar-refractivity contribution in [2.75, 3.05) is 0 Å². The van der Waals surface area contributed by atoms with E-state index < -0.39 is 0 Å². The number of H-pyrrole nitrogens is 1. The van der Waals surface area contributed by atoms with Crippen LogP contribution < -0.4 is 0 Å². The van der Waals surface area contributed by atoms with Crippen molar-refractivity contribution in [2.45, 2.75) is 13.8 Å². The molecular weight excluding hydrogens is 164 g/mol. The molecule has 2 aromatic heterocycles. The molecule has 4 nitrogen and oxygen atoms in total. The van der Waals surface area contributed by atoms with Gasteiger partial charge in [0.15, 0.2) is 5.82 Å². The Kier molecular flexibility index (Phi) is 1.81. The SMILES string of the molecule is Cc1nnc(-c2cccnc2C)[nH]1. The lowest BCUT2D eigenvalue weighted by molar-refractivity contribution is 1.04. The molecule has 0 radical (unpaired) electrons. The molecule has 0 atom stereocenters. The first-order valence-corrected chi connectivity index (χ1v) is 4.08. The number of aryl methyl sites for hydroxylation is 2. The molecule has 1 N–H and O–H groups in total. The Hall–Kier alpha value is -1.71. The lowest BCUT2D eigenvalue weighted by atomic mass is 10.2. The first-order valence-electron chi connectivity index (χ1n) is 4.08. The number of hydrogen-bond acceptors (Lipinski definition) is 3. The zero-order valence-corrected chi connectivity index (χ0v) is 7.57. The topological polar surface area (TPSA) is 54.5 Å². The van der Waals surface area contributed by atoms with E-state index in [2.05, 4.69) is 20.2 Å². The molecule has 2 aromatic rings. The van der Waals surface area contributed by atoms with E-state index in [0.29, 0.717) is 0 Å². The zero-order chi connectivity index (χ0) is 9.26. The Morgan fingerprint density at radius 1 is 1.23 bits per heavy atom. The summed E-state index contributed by atoms with van der Waals surface area (Å²) >= 11 is 0. The molecule has 0 aliphatic rings.